The molecule has 0 aromatic rings. The molecule has 12 heavy (non-hydrogen) atoms. The smallest absolute Gasteiger partial charge is 0.108 e. The quantitative estimate of drug-likeness (QED) is 0.644. The third-order valence-electron chi connectivity index (χ3n) is 3.55. The highest BCUT2D eigenvalue weighted by molar-refractivity contribution is 5.01. The van der Waals surface area contributed by atoms with E-state index in [-0.39, 0.29) is 5.60 Å². The molecule has 2 aliphatic carbocycles. The Morgan fingerprint density at radius 2 is 1.67 bits per heavy atom. The highest BCUT2D eigenvalue weighted by Gasteiger charge is 2.49. The summed E-state index contributed by atoms with van der Waals surface area (Å²) in [6.45, 7) is 1.68. The molecule has 0 saturated heterocycles. The molecule has 0 atom stereocenters. The van der Waals surface area contributed by atoms with Gasteiger partial charge < -0.3 is 5.11 Å². The van der Waals surface area contributed by atoms with Crippen molar-refractivity contribution in [3.8, 4) is 0 Å². The van der Waals surface area contributed by atoms with Crippen LogP contribution in [0.15, 0.2) is 0 Å². The molecule has 0 bridgehead atoms. The van der Waals surface area contributed by atoms with Crippen LogP contribution in [-0.2, 0) is 0 Å². The molecule has 0 amide bonds. The van der Waals surface area contributed by atoms with Crippen LogP contribution in [0.25, 0.3) is 0 Å². The molecule has 1 N–H and O–H groups in total. The fourth-order valence-electron chi connectivity index (χ4n) is 2.29. The number of hydrogen-bond donors (Lipinski definition) is 1. The summed E-state index contributed by atoms with van der Waals surface area (Å²) in [6.07, 6.45) is 4.92. The first-order valence-corrected chi connectivity index (χ1v) is 4.93. The lowest BCUT2D eigenvalue weighted by Crippen LogP contribution is -2.32. The minimum atomic E-state index is -0.957. The zero-order valence-electron chi connectivity index (χ0n) is 7.65. The molecule has 0 spiro atoms. The Morgan fingerprint density at radius 1 is 1.17 bits per heavy atom. The fourth-order valence-corrected chi connectivity index (χ4v) is 2.29. The van der Waals surface area contributed by atoms with E-state index in [2.05, 4.69) is 0 Å². The van der Waals surface area contributed by atoms with E-state index in [0.717, 1.165) is 25.7 Å². The van der Waals surface area contributed by atoms with Gasteiger partial charge >= 0.3 is 0 Å². The van der Waals surface area contributed by atoms with E-state index < -0.39 is 5.67 Å². The van der Waals surface area contributed by atoms with E-state index >= 15 is 0 Å². The van der Waals surface area contributed by atoms with Crippen LogP contribution in [0.2, 0.25) is 0 Å². The van der Waals surface area contributed by atoms with Crippen LogP contribution in [0, 0.1) is 5.92 Å². The standard InChI is InChI=1S/C10H17FO/c1-9(11)4-2-8(3-5-9)10(12)6-7-10/h8,12H,2-7H2,1H3. The van der Waals surface area contributed by atoms with Crippen LogP contribution in [0.4, 0.5) is 4.39 Å². The average molecular weight is 172 g/mol. The van der Waals surface area contributed by atoms with Crippen molar-refractivity contribution in [3.05, 3.63) is 0 Å². The Morgan fingerprint density at radius 3 is 2.08 bits per heavy atom. The van der Waals surface area contributed by atoms with E-state index in [1.165, 1.54) is 0 Å². The van der Waals surface area contributed by atoms with E-state index in [9.17, 15) is 9.50 Å². The molecule has 2 aliphatic rings. The third-order valence-corrected chi connectivity index (χ3v) is 3.55. The second-order valence-electron chi connectivity index (χ2n) is 4.79. The number of rotatable bonds is 1. The van der Waals surface area contributed by atoms with Crippen LogP contribution in [0.5, 0.6) is 0 Å². The van der Waals surface area contributed by atoms with Gasteiger partial charge in [0.15, 0.2) is 0 Å². The maximum absolute atomic E-state index is 13.4. The van der Waals surface area contributed by atoms with Gasteiger partial charge in [0.1, 0.15) is 5.67 Å². The summed E-state index contributed by atoms with van der Waals surface area (Å²) in [7, 11) is 0. The van der Waals surface area contributed by atoms with E-state index in [1.54, 1.807) is 6.92 Å². The maximum atomic E-state index is 13.4. The van der Waals surface area contributed by atoms with Crippen LogP contribution >= 0.6 is 0 Å². The highest BCUT2D eigenvalue weighted by Crippen LogP contribution is 2.50. The molecule has 2 rings (SSSR count). The van der Waals surface area contributed by atoms with Crippen molar-refractivity contribution in [2.75, 3.05) is 0 Å². The van der Waals surface area contributed by atoms with Crippen molar-refractivity contribution in [2.45, 2.75) is 56.7 Å². The van der Waals surface area contributed by atoms with Crippen molar-refractivity contribution in [1.82, 2.24) is 0 Å². The van der Waals surface area contributed by atoms with Crippen molar-refractivity contribution in [1.29, 1.82) is 0 Å². The first-order chi connectivity index (χ1) is 5.52. The van der Waals surface area contributed by atoms with Crippen LogP contribution in [0.1, 0.15) is 45.4 Å². The van der Waals surface area contributed by atoms with Gasteiger partial charge in [0.05, 0.1) is 5.60 Å². The van der Waals surface area contributed by atoms with E-state index in [1.807, 2.05) is 0 Å². The third kappa shape index (κ3) is 1.49. The minimum Gasteiger partial charge on any atom is -0.390 e. The Hall–Kier alpha value is -0.110. The summed E-state index contributed by atoms with van der Waals surface area (Å²) in [6, 6.07) is 0. The molecule has 2 saturated carbocycles. The summed E-state index contributed by atoms with van der Waals surface area (Å²) in [4.78, 5) is 0. The van der Waals surface area contributed by atoms with Gasteiger partial charge in [-0.15, -0.1) is 0 Å². The first kappa shape index (κ1) is 8.49. The van der Waals surface area contributed by atoms with Gasteiger partial charge in [0, 0.05) is 0 Å². The number of aliphatic hydroxyl groups is 1. The largest absolute Gasteiger partial charge is 0.390 e. The van der Waals surface area contributed by atoms with Gasteiger partial charge in [-0.2, -0.15) is 0 Å². The van der Waals surface area contributed by atoms with E-state index in [4.69, 9.17) is 0 Å². The van der Waals surface area contributed by atoms with Gasteiger partial charge in [-0.3, -0.25) is 0 Å². The predicted molar refractivity (Wildman–Crippen MR) is 45.7 cm³/mol. The van der Waals surface area contributed by atoms with Gasteiger partial charge in [0.2, 0.25) is 0 Å². The lowest BCUT2D eigenvalue weighted by Gasteiger charge is -2.33. The fraction of sp³-hybridized carbons (Fsp3) is 1.00. The number of halogens is 1. The van der Waals surface area contributed by atoms with Crippen molar-refractivity contribution in [3.63, 3.8) is 0 Å². The Labute approximate surface area is 73.0 Å². The number of alkyl halides is 1. The Kier molecular flexibility index (Phi) is 1.73. The minimum absolute atomic E-state index is 0.378. The molecule has 0 aromatic carbocycles. The second-order valence-corrected chi connectivity index (χ2v) is 4.79. The lowest BCUT2D eigenvalue weighted by atomic mass is 9.77. The SMILES string of the molecule is CC1(F)CCC(C2(O)CC2)CC1. The molecule has 1 nitrogen and oxygen atoms in total. The van der Waals surface area contributed by atoms with Crippen molar-refractivity contribution < 1.29 is 9.50 Å². The topological polar surface area (TPSA) is 20.2 Å². The lowest BCUT2D eigenvalue weighted by molar-refractivity contribution is 0.0191. The summed E-state index contributed by atoms with van der Waals surface area (Å²) in [5.41, 5.74) is -1.34. The number of hydrogen-bond acceptors (Lipinski definition) is 1. The van der Waals surface area contributed by atoms with Crippen molar-refractivity contribution in [2.24, 2.45) is 5.92 Å². The van der Waals surface area contributed by atoms with E-state index in [0.29, 0.717) is 18.8 Å². The normalized spacial score (nSPS) is 45.8. The zero-order valence-corrected chi connectivity index (χ0v) is 7.65. The molecule has 0 radical (unpaired) electrons. The van der Waals surface area contributed by atoms with Gasteiger partial charge in [0.25, 0.3) is 0 Å². The average Bonchev–Trinajstić information content (AvgIpc) is 2.68. The summed E-state index contributed by atoms with van der Waals surface area (Å²) in [5.74, 6) is 0.390. The second kappa shape index (κ2) is 2.44. The molecular formula is C10H17FO. The molecular weight excluding hydrogens is 155 g/mol. The summed E-state index contributed by atoms with van der Waals surface area (Å²) >= 11 is 0. The van der Waals surface area contributed by atoms with Gasteiger partial charge in [-0.1, -0.05) is 0 Å². The zero-order chi connectivity index (χ0) is 8.82. The summed E-state index contributed by atoms with van der Waals surface area (Å²) in [5, 5.41) is 9.80. The Bertz CT molecular complexity index is 174. The van der Waals surface area contributed by atoms with Crippen LogP contribution < -0.4 is 0 Å². The van der Waals surface area contributed by atoms with Crippen molar-refractivity contribution >= 4 is 0 Å². The Balaban J connectivity index is 1.90. The summed E-state index contributed by atoms with van der Waals surface area (Å²) < 4.78 is 13.4. The van der Waals surface area contributed by atoms with Gasteiger partial charge in [-0.05, 0) is 51.4 Å². The molecule has 0 aliphatic heterocycles. The highest BCUT2D eigenvalue weighted by atomic mass is 19.1. The van der Waals surface area contributed by atoms with Gasteiger partial charge in [-0.25, -0.2) is 4.39 Å². The monoisotopic (exact) mass is 172 g/mol. The predicted octanol–water partition coefficient (Wildman–Crippen LogP) is 2.43. The molecule has 0 unspecified atom stereocenters. The molecule has 2 heteroatoms. The molecule has 2 fully saturated rings. The van der Waals surface area contributed by atoms with Crippen LogP contribution in [-0.4, -0.2) is 16.4 Å². The van der Waals surface area contributed by atoms with Crippen LogP contribution in [0.3, 0.4) is 0 Å². The maximum Gasteiger partial charge on any atom is 0.108 e. The molecule has 0 aromatic heterocycles. The molecule has 0 heterocycles. The first-order valence-electron chi connectivity index (χ1n) is 4.93. The molecule has 70 valence electrons.